The zero-order valence-corrected chi connectivity index (χ0v) is 13.2. The second kappa shape index (κ2) is 7.12. The van der Waals surface area contributed by atoms with Crippen molar-refractivity contribution in [3.63, 3.8) is 0 Å². The maximum absolute atomic E-state index is 13.8. The van der Waals surface area contributed by atoms with Gasteiger partial charge in [-0.2, -0.15) is 0 Å². The number of hydrogen-bond acceptors (Lipinski definition) is 3. The molecule has 21 heavy (non-hydrogen) atoms. The van der Waals surface area contributed by atoms with Crippen molar-refractivity contribution >= 4 is 0 Å². The quantitative estimate of drug-likeness (QED) is 0.868. The standard InChI is InChI=1S/C17H26FNO2/c1-4-9-19(12(5-2)6-3)13-10-14-16(20)8-7-15(18)17(14)21-11-13/h7-8,12-13,20H,4-6,9-11H2,1-3H3/t13-/m1/s1. The van der Waals surface area contributed by atoms with Gasteiger partial charge in [-0.05, 0) is 44.4 Å². The monoisotopic (exact) mass is 295 g/mol. The molecule has 0 bridgehead atoms. The van der Waals surface area contributed by atoms with Gasteiger partial charge in [-0.3, -0.25) is 4.90 Å². The lowest BCUT2D eigenvalue weighted by Gasteiger charge is -2.39. The highest BCUT2D eigenvalue weighted by Gasteiger charge is 2.31. The summed E-state index contributed by atoms with van der Waals surface area (Å²) in [6, 6.07) is 3.39. The average molecular weight is 295 g/mol. The third kappa shape index (κ3) is 3.31. The highest BCUT2D eigenvalue weighted by atomic mass is 19.1. The minimum atomic E-state index is -0.383. The van der Waals surface area contributed by atoms with Crippen LogP contribution in [-0.4, -0.2) is 35.2 Å². The normalized spacial score (nSPS) is 17.9. The SMILES string of the molecule is CCCN(C(CC)CC)[C@H]1COc2c(F)ccc(O)c2C1. The van der Waals surface area contributed by atoms with Gasteiger partial charge >= 0.3 is 0 Å². The summed E-state index contributed by atoms with van der Waals surface area (Å²) in [5, 5.41) is 10.00. The van der Waals surface area contributed by atoms with Crippen molar-refractivity contribution in [2.75, 3.05) is 13.2 Å². The molecule has 2 rings (SSSR count). The van der Waals surface area contributed by atoms with Crippen molar-refractivity contribution in [1.29, 1.82) is 0 Å². The molecule has 0 unspecified atom stereocenters. The van der Waals surface area contributed by atoms with Crippen LogP contribution in [-0.2, 0) is 6.42 Å². The summed E-state index contributed by atoms with van der Waals surface area (Å²) in [6.07, 6.45) is 3.91. The number of nitrogens with zero attached hydrogens (tertiary/aromatic N) is 1. The fourth-order valence-electron chi connectivity index (χ4n) is 3.31. The maximum atomic E-state index is 13.8. The topological polar surface area (TPSA) is 32.7 Å². The van der Waals surface area contributed by atoms with E-state index in [9.17, 15) is 9.50 Å². The van der Waals surface area contributed by atoms with Crippen LogP contribution in [0.5, 0.6) is 11.5 Å². The molecule has 0 amide bonds. The van der Waals surface area contributed by atoms with Crippen molar-refractivity contribution in [2.45, 2.75) is 58.5 Å². The van der Waals surface area contributed by atoms with Crippen molar-refractivity contribution < 1.29 is 14.2 Å². The summed E-state index contributed by atoms with van der Waals surface area (Å²) in [5.41, 5.74) is 0.610. The summed E-state index contributed by atoms with van der Waals surface area (Å²) in [6.45, 7) is 8.07. The summed E-state index contributed by atoms with van der Waals surface area (Å²) < 4.78 is 19.4. The largest absolute Gasteiger partial charge is 0.508 e. The van der Waals surface area contributed by atoms with Crippen LogP contribution in [0.15, 0.2) is 12.1 Å². The molecule has 1 atom stereocenters. The summed E-state index contributed by atoms with van der Waals surface area (Å²) in [4.78, 5) is 2.47. The van der Waals surface area contributed by atoms with E-state index in [0.717, 1.165) is 25.8 Å². The second-order valence-electron chi connectivity index (χ2n) is 5.75. The Labute approximate surface area is 126 Å². The molecule has 0 saturated carbocycles. The van der Waals surface area contributed by atoms with E-state index in [1.54, 1.807) is 0 Å². The number of hydrogen-bond donors (Lipinski definition) is 1. The number of benzene rings is 1. The van der Waals surface area contributed by atoms with E-state index < -0.39 is 0 Å². The molecule has 118 valence electrons. The van der Waals surface area contributed by atoms with Gasteiger partial charge in [0.1, 0.15) is 12.4 Å². The number of rotatable bonds is 6. The van der Waals surface area contributed by atoms with Crippen LogP contribution >= 0.6 is 0 Å². The number of aromatic hydroxyl groups is 1. The molecule has 0 saturated heterocycles. The van der Waals surface area contributed by atoms with Crippen LogP contribution in [0, 0.1) is 5.82 Å². The van der Waals surface area contributed by atoms with Crippen LogP contribution in [0.25, 0.3) is 0 Å². The summed E-state index contributed by atoms with van der Waals surface area (Å²) in [5.74, 6) is -0.0184. The Morgan fingerprint density at radius 2 is 2.05 bits per heavy atom. The first-order chi connectivity index (χ1) is 10.1. The molecular formula is C17H26FNO2. The first-order valence-corrected chi connectivity index (χ1v) is 8.01. The number of phenolic OH excluding ortho intramolecular Hbond substituents is 1. The fraction of sp³-hybridized carbons (Fsp3) is 0.647. The number of ether oxygens (including phenoxy) is 1. The molecule has 1 N–H and O–H groups in total. The van der Waals surface area contributed by atoms with Crippen LogP contribution < -0.4 is 4.74 Å². The van der Waals surface area contributed by atoms with E-state index in [0.29, 0.717) is 24.6 Å². The lowest BCUT2D eigenvalue weighted by molar-refractivity contribution is 0.0726. The van der Waals surface area contributed by atoms with E-state index in [1.807, 2.05) is 0 Å². The zero-order valence-electron chi connectivity index (χ0n) is 13.2. The van der Waals surface area contributed by atoms with Crippen molar-refractivity contribution in [1.82, 2.24) is 4.90 Å². The van der Waals surface area contributed by atoms with Crippen LogP contribution in [0.2, 0.25) is 0 Å². The number of halogens is 1. The Bertz CT molecular complexity index is 474. The van der Waals surface area contributed by atoms with Gasteiger partial charge in [-0.1, -0.05) is 20.8 Å². The van der Waals surface area contributed by atoms with E-state index in [2.05, 4.69) is 25.7 Å². The van der Waals surface area contributed by atoms with Crippen molar-refractivity contribution in [3.05, 3.63) is 23.5 Å². The number of phenols is 1. The van der Waals surface area contributed by atoms with Gasteiger partial charge in [-0.15, -0.1) is 0 Å². The molecule has 0 fully saturated rings. The van der Waals surface area contributed by atoms with Gasteiger partial charge < -0.3 is 9.84 Å². The van der Waals surface area contributed by atoms with Gasteiger partial charge in [-0.25, -0.2) is 4.39 Å². The predicted octanol–water partition coefficient (Wildman–Crippen LogP) is 3.74. The van der Waals surface area contributed by atoms with Crippen LogP contribution in [0.4, 0.5) is 4.39 Å². The molecule has 1 aliphatic rings. The Balaban J connectivity index is 2.23. The van der Waals surface area contributed by atoms with Gasteiger partial charge in [0.15, 0.2) is 11.6 Å². The maximum Gasteiger partial charge on any atom is 0.165 e. The lowest BCUT2D eigenvalue weighted by atomic mass is 9.97. The van der Waals surface area contributed by atoms with E-state index in [-0.39, 0.29) is 23.4 Å². The molecule has 1 heterocycles. The predicted molar refractivity (Wildman–Crippen MR) is 82.4 cm³/mol. The molecule has 3 nitrogen and oxygen atoms in total. The molecular weight excluding hydrogens is 269 g/mol. The zero-order chi connectivity index (χ0) is 15.4. The Morgan fingerprint density at radius 1 is 1.33 bits per heavy atom. The van der Waals surface area contributed by atoms with E-state index in [1.165, 1.54) is 12.1 Å². The minimum Gasteiger partial charge on any atom is -0.508 e. The highest BCUT2D eigenvalue weighted by Crippen LogP contribution is 2.36. The Hall–Kier alpha value is -1.29. The second-order valence-corrected chi connectivity index (χ2v) is 5.75. The van der Waals surface area contributed by atoms with Gasteiger partial charge in [0.05, 0.1) is 0 Å². The minimum absolute atomic E-state index is 0.136. The fourth-order valence-corrected chi connectivity index (χ4v) is 3.31. The molecule has 0 spiro atoms. The van der Waals surface area contributed by atoms with E-state index in [4.69, 9.17) is 4.74 Å². The summed E-state index contributed by atoms with van der Waals surface area (Å²) in [7, 11) is 0. The van der Waals surface area contributed by atoms with Crippen molar-refractivity contribution in [2.24, 2.45) is 0 Å². The van der Waals surface area contributed by atoms with Crippen molar-refractivity contribution in [3.8, 4) is 11.5 Å². The molecule has 1 aliphatic heterocycles. The Kier molecular flexibility index (Phi) is 5.45. The molecule has 0 aromatic heterocycles. The Morgan fingerprint density at radius 3 is 2.67 bits per heavy atom. The third-order valence-electron chi connectivity index (χ3n) is 4.41. The highest BCUT2D eigenvalue weighted by molar-refractivity contribution is 5.46. The van der Waals surface area contributed by atoms with E-state index >= 15 is 0 Å². The molecule has 1 aromatic rings. The van der Waals surface area contributed by atoms with Gasteiger partial charge in [0.2, 0.25) is 0 Å². The smallest absolute Gasteiger partial charge is 0.165 e. The van der Waals surface area contributed by atoms with Gasteiger partial charge in [0.25, 0.3) is 0 Å². The lowest BCUT2D eigenvalue weighted by Crippen LogP contribution is -2.48. The molecule has 1 aromatic carbocycles. The average Bonchev–Trinajstić information content (AvgIpc) is 2.51. The first-order valence-electron chi connectivity index (χ1n) is 8.01. The third-order valence-corrected chi connectivity index (χ3v) is 4.41. The molecule has 0 radical (unpaired) electrons. The summed E-state index contributed by atoms with van der Waals surface area (Å²) >= 11 is 0. The molecule has 4 heteroatoms. The van der Waals surface area contributed by atoms with Crippen LogP contribution in [0.1, 0.15) is 45.6 Å². The van der Waals surface area contributed by atoms with Gasteiger partial charge in [0, 0.05) is 17.6 Å². The number of fused-ring (bicyclic) bond motifs is 1. The molecule has 0 aliphatic carbocycles. The first kappa shape index (κ1) is 16.1. The van der Waals surface area contributed by atoms with Crippen LogP contribution in [0.3, 0.4) is 0 Å².